The first-order chi connectivity index (χ1) is 13.3. The van der Waals surface area contributed by atoms with Gasteiger partial charge in [0.1, 0.15) is 0 Å². The summed E-state index contributed by atoms with van der Waals surface area (Å²) in [6.07, 6.45) is 0.792. The zero-order chi connectivity index (χ0) is 20.3. The Kier molecular flexibility index (Phi) is 7.66. The molecule has 0 N–H and O–H groups in total. The first-order valence-electron chi connectivity index (χ1n) is 8.93. The molecule has 3 aromatic rings. The van der Waals surface area contributed by atoms with Gasteiger partial charge in [0, 0.05) is 24.2 Å². The summed E-state index contributed by atoms with van der Waals surface area (Å²) in [6.45, 7) is 3.39. The SMILES string of the molecule is Cc1ccc2nc(N(CCCN(C)C)C(=O)c3ccc([N+](=O)[O-])cc3)sc2c1.Cl. The summed E-state index contributed by atoms with van der Waals surface area (Å²) >= 11 is 1.48. The maximum atomic E-state index is 13.2. The number of hydrogen-bond acceptors (Lipinski definition) is 6. The average Bonchev–Trinajstić information content (AvgIpc) is 3.07. The van der Waals surface area contributed by atoms with E-state index >= 15 is 0 Å². The van der Waals surface area contributed by atoms with Crippen molar-refractivity contribution in [2.75, 3.05) is 32.1 Å². The lowest BCUT2D eigenvalue weighted by atomic mass is 10.2. The second kappa shape index (κ2) is 9.78. The lowest BCUT2D eigenvalue weighted by Gasteiger charge is -2.21. The summed E-state index contributed by atoms with van der Waals surface area (Å²) in [5.41, 5.74) is 2.38. The van der Waals surface area contributed by atoms with Gasteiger partial charge >= 0.3 is 0 Å². The van der Waals surface area contributed by atoms with Crippen LogP contribution in [0, 0.1) is 17.0 Å². The lowest BCUT2D eigenvalue weighted by molar-refractivity contribution is -0.384. The van der Waals surface area contributed by atoms with Crippen molar-refractivity contribution < 1.29 is 9.72 Å². The van der Waals surface area contributed by atoms with Crippen molar-refractivity contribution >= 4 is 50.7 Å². The molecule has 0 spiro atoms. The minimum Gasteiger partial charge on any atom is -0.309 e. The number of aromatic nitrogens is 1. The molecule has 7 nitrogen and oxygen atoms in total. The number of aryl methyl sites for hydroxylation is 1. The van der Waals surface area contributed by atoms with Crippen LogP contribution in [0.5, 0.6) is 0 Å². The Bertz CT molecular complexity index is 1000. The van der Waals surface area contributed by atoms with Gasteiger partial charge in [-0.25, -0.2) is 4.98 Å². The highest BCUT2D eigenvalue weighted by Crippen LogP contribution is 2.30. The molecule has 1 aromatic heterocycles. The Morgan fingerprint density at radius 3 is 2.45 bits per heavy atom. The number of benzene rings is 2. The topological polar surface area (TPSA) is 79.6 Å². The third-order valence-corrected chi connectivity index (χ3v) is 5.36. The van der Waals surface area contributed by atoms with Crippen LogP contribution >= 0.6 is 23.7 Å². The number of nitrogens with zero attached hydrogens (tertiary/aromatic N) is 4. The van der Waals surface area contributed by atoms with E-state index in [1.165, 1.54) is 35.6 Å². The van der Waals surface area contributed by atoms with E-state index < -0.39 is 4.92 Å². The monoisotopic (exact) mass is 434 g/mol. The predicted molar refractivity (Wildman–Crippen MR) is 120 cm³/mol. The Hall–Kier alpha value is -2.55. The van der Waals surface area contributed by atoms with Crippen molar-refractivity contribution in [3.05, 3.63) is 63.7 Å². The maximum absolute atomic E-state index is 13.2. The van der Waals surface area contributed by atoms with E-state index in [-0.39, 0.29) is 24.0 Å². The van der Waals surface area contributed by atoms with Gasteiger partial charge in [0.05, 0.1) is 15.1 Å². The molecule has 0 unspecified atom stereocenters. The summed E-state index contributed by atoms with van der Waals surface area (Å²) in [7, 11) is 3.98. The van der Waals surface area contributed by atoms with E-state index in [2.05, 4.69) is 16.0 Å². The molecule has 0 saturated carbocycles. The summed E-state index contributed by atoms with van der Waals surface area (Å²) in [5, 5.41) is 11.5. The van der Waals surface area contributed by atoms with E-state index in [1.54, 1.807) is 4.90 Å². The molecule has 1 heterocycles. The first kappa shape index (κ1) is 22.7. The molecule has 29 heavy (non-hydrogen) atoms. The summed E-state index contributed by atoms with van der Waals surface area (Å²) in [4.78, 5) is 31.9. The van der Waals surface area contributed by atoms with Crippen molar-refractivity contribution in [3.63, 3.8) is 0 Å². The molecule has 0 fully saturated rings. The standard InChI is InChI=1S/C20H22N4O3S.ClH/c1-14-5-10-17-18(13-14)28-20(21-17)23(12-4-11-22(2)3)19(25)15-6-8-16(9-7-15)24(26)27;/h5-10,13H,4,11-12H2,1-3H3;1H. The minimum atomic E-state index is -0.473. The van der Waals surface area contributed by atoms with Crippen LogP contribution in [0.1, 0.15) is 22.3 Å². The third kappa shape index (κ3) is 5.50. The molecular weight excluding hydrogens is 412 g/mol. The van der Waals surface area contributed by atoms with Crippen LogP contribution in [-0.4, -0.2) is 47.9 Å². The van der Waals surface area contributed by atoms with Gasteiger partial charge in [0.25, 0.3) is 11.6 Å². The smallest absolute Gasteiger partial charge is 0.269 e. The van der Waals surface area contributed by atoms with Gasteiger partial charge in [-0.1, -0.05) is 17.4 Å². The molecule has 0 saturated heterocycles. The van der Waals surface area contributed by atoms with Crippen molar-refractivity contribution in [3.8, 4) is 0 Å². The van der Waals surface area contributed by atoms with Crippen LogP contribution in [0.4, 0.5) is 10.8 Å². The van der Waals surface area contributed by atoms with Crippen LogP contribution < -0.4 is 4.90 Å². The Labute approximate surface area is 179 Å². The van der Waals surface area contributed by atoms with Crippen LogP contribution in [0.15, 0.2) is 42.5 Å². The number of nitro groups is 1. The highest BCUT2D eigenvalue weighted by Gasteiger charge is 2.22. The van der Waals surface area contributed by atoms with Crippen molar-refractivity contribution in [1.29, 1.82) is 0 Å². The molecule has 0 aliphatic heterocycles. The summed E-state index contributed by atoms with van der Waals surface area (Å²) < 4.78 is 1.03. The highest BCUT2D eigenvalue weighted by molar-refractivity contribution is 7.22. The van der Waals surface area contributed by atoms with Crippen LogP contribution in [0.25, 0.3) is 10.2 Å². The predicted octanol–water partition coefficient (Wildman–Crippen LogP) is 4.53. The molecule has 0 bridgehead atoms. The molecule has 9 heteroatoms. The minimum absolute atomic E-state index is 0. The van der Waals surface area contributed by atoms with E-state index in [9.17, 15) is 14.9 Å². The van der Waals surface area contributed by atoms with Gasteiger partial charge in [-0.3, -0.25) is 19.8 Å². The molecule has 2 aromatic carbocycles. The van der Waals surface area contributed by atoms with Gasteiger partial charge in [0.15, 0.2) is 5.13 Å². The number of carbonyl (C=O) groups is 1. The van der Waals surface area contributed by atoms with Crippen molar-refractivity contribution in [2.24, 2.45) is 0 Å². The van der Waals surface area contributed by atoms with Gasteiger partial charge in [-0.15, -0.1) is 12.4 Å². The van der Waals surface area contributed by atoms with Crippen molar-refractivity contribution in [1.82, 2.24) is 9.88 Å². The number of hydrogen-bond donors (Lipinski definition) is 0. The zero-order valence-electron chi connectivity index (χ0n) is 16.5. The second-order valence-corrected chi connectivity index (χ2v) is 7.89. The molecule has 0 aliphatic rings. The normalized spacial score (nSPS) is 10.8. The second-order valence-electron chi connectivity index (χ2n) is 6.89. The fraction of sp³-hybridized carbons (Fsp3) is 0.300. The van der Waals surface area contributed by atoms with E-state index in [0.29, 0.717) is 17.2 Å². The summed E-state index contributed by atoms with van der Waals surface area (Å²) in [6, 6.07) is 11.7. The van der Waals surface area contributed by atoms with Crippen molar-refractivity contribution in [2.45, 2.75) is 13.3 Å². The molecule has 1 amide bonds. The lowest BCUT2D eigenvalue weighted by Crippen LogP contribution is -2.33. The molecule has 0 atom stereocenters. The Morgan fingerprint density at radius 1 is 1.14 bits per heavy atom. The number of non-ortho nitro benzene ring substituents is 1. The number of amides is 1. The average molecular weight is 435 g/mol. The Balaban J connectivity index is 0.00000300. The number of thiazole rings is 1. The van der Waals surface area contributed by atoms with Crippen LogP contribution in [0.2, 0.25) is 0 Å². The Morgan fingerprint density at radius 2 is 1.83 bits per heavy atom. The first-order valence-corrected chi connectivity index (χ1v) is 9.75. The van der Waals surface area contributed by atoms with E-state index in [4.69, 9.17) is 0 Å². The zero-order valence-corrected chi connectivity index (χ0v) is 18.1. The molecule has 3 rings (SSSR count). The van der Waals surface area contributed by atoms with Crippen LogP contribution in [-0.2, 0) is 0 Å². The number of fused-ring (bicyclic) bond motifs is 1. The molecule has 0 radical (unpaired) electrons. The number of halogens is 1. The summed E-state index contributed by atoms with van der Waals surface area (Å²) in [5.74, 6) is -0.204. The fourth-order valence-corrected chi connectivity index (χ4v) is 3.93. The molecule has 0 aliphatic carbocycles. The molecular formula is C20H23ClN4O3S. The van der Waals surface area contributed by atoms with E-state index in [1.807, 2.05) is 33.2 Å². The van der Waals surface area contributed by atoms with Crippen LogP contribution in [0.3, 0.4) is 0 Å². The third-order valence-electron chi connectivity index (χ3n) is 4.32. The maximum Gasteiger partial charge on any atom is 0.269 e. The van der Waals surface area contributed by atoms with Gasteiger partial charge in [-0.2, -0.15) is 0 Å². The number of rotatable bonds is 7. The number of nitro benzene ring substituents is 1. The van der Waals surface area contributed by atoms with E-state index in [0.717, 1.165) is 28.7 Å². The van der Waals surface area contributed by atoms with Gasteiger partial charge in [-0.05, 0) is 63.8 Å². The largest absolute Gasteiger partial charge is 0.309 e. The van der Waals surface area contributed by atoms with Gasteiger partial charge in [0.2, 0.25) is 0 Å². The van der Waals surface area contributed by atoms with Gasteiger partial charge < -0.3 is 4.90 Å². The fourth-order valence-electron chi connectivity index (χ4n) is 2.85. The molecule has 154 valence electrons. The number of carbonyl (C=O) groups excluding carboxylic acids is 1. The number of anilines is 1. The highest BCUT2D eigenvalue weighted by atomic mass is 35.5. The quantitative estimate of drug-likeness (QED) is 0.403.